The number of hydrogen-bond donors (Lipinski definition) is 2. The van der Waals surface area contributed by atoms with Crippen molar-refractivity contribution in [1.29, 1.82) is 0 Å². The molecule has 1 aromatic rings. The van der Waals surface area contributed by atoms with E-state index in [1.54, 1.807) is 7.11 Å². The first-order valence-corrected chi connectivity index (χ1v) is 6.98. The van der Waals surface area contributed by atoms with Gasteiger partial charge in [-0.25, -0.2) is 9.97 Å². The van der Waals surface area contributed by atoms with Gasteiger partial charge in [0.05, 0.1) is 7.11 Å². The molecule has 0 radical (unpaired) electrons. The number of methoxy groups -OCH3 is 1. The molecule has 6 heteroatoms. The summed E-state index contributed by atoms with van der Waals surface area (Å²) in [5.41, 5.74) is 0. The van der Waals surface area contributed by atoms with Gasteiger partial charge in [0.2, 0.25) is 5.75 Å². The summed E-state index contributed by atoms with van der Waals surface area (Å²) in [5, 5.41) is 6.38. The Kier molecular flexibility index (Phi) is 5.90. The zero-order valence-corrected chi connectivity index (χ0v) is 11.6. The Hall–Kier alpha value is -1.17. The van der Waals surface area contributed by atoms with Crippen LogP contribution in [0.3, 0.4) is 0 Å². The molecule has 1 atom stereocenters. The number of anilines is 2. The van der Waals surface area contributed by atoms with Crippen LogP contribution in [0.25, 0.3) is 0 Å². The van der Waals surface area contributed by atoms with E-state index < -0.39 is 0 Å². The number of nitrogens with zero attached hydrogens (tertiary/aromatic N) is 2. The minimum Gasteiger partial charge on any atom is -0.490 e. The van der Waals surface area contributed by atoms with Crippen LogP contribution in [-0.2, 0) is 0 Å². The maximum absolute atomic E-state index is 5.33. The average molecular weight is 256 g/mol. The smallest absolute Gasteiger partial charge is 0.204 e. The lowest BCUT2D eigenvalue weighted by molar-refractivity contribution is 0.414. The second kappa shape index (κ2) is 7.21. The number of aromatic nitrogens is 2. The van der Waals surface area contributed by atoms with Gasteiger partial charge in [-0.1, -0.05) is 6.92 Å². The monoisotopic (exact) mass is 256 g/mol. The van der Waals surface area contributed by atoms with Crippen molar-refractivity contribution in [3.05, 3.63) is 6.33 Å². The fourth-order valence-corrected chi connectivity index (χ4v) is 2.23. The van der Waals surface area contributed by atoms with Crippen molar-refractivity contribution in [2.75, 3.05) is 36.8 Å². The van der Waals surface area contributed by atoms with E-state index in [2.05, 4.69) is 33.8 Å². The van der Waals surface area contributed by atoms with E-state index in [0.29, 0.717) is 17.6 Å². The topological polar surface area (TPSA) is 59.1 Å². The zero-order valence-electron chi connectivity index (χ0n) is 10.8. The second-order valence-corrected chi connectivity index (χ2v) is 4.47. The molecule has 0 aromatic carbocycles. The standard InChI is InChI=1S/C11H20N4OS/c1-5-8(6-17-4)15-11-9(16-3)10(12-2)13-7-14-11/h7-8H,5-6H2,1-4H3,(H2,12,13,14,15). The van der Waals surface area contributed by atoms with E-state index in [1.807, 2.05) is 18.8 Å². The maximum Gasteiger partial charge on any atom is 0.204 e. The second-order valence-electron chi connectivity index (χ2n) is 3.56. The molecule has 0 amide bonds. The first-order valence-electron chi connectivity index (χ1n) is 5.59. The van der Waals surface area contributed by atoms with Crippen LogP contribution in [-0.4, -0.2) is 42.2 Å². The summed E-state index contributed by atoms with van der Waals surface area (Å²) in [5.74, 6) is 3.14. The van der Waals surface area contributed by atoms with Gasteiger partial charge in [-0.3, -0.25) is 0 Å². The SMILES string of the molecule is CCC(CSC)Nc1ncnc(NC)c1OC. The van der Waals surface area contributed by atoms with Crippen LogP contribution < -0.4 is 15.4 Å². The summed E-state index contributed by atoms with van der Waals surface area (Å²) in [6, 6.07) is 0.388. The Morgan fingerprint density at radius 2 is 2.12 bits per heavy atom. The summed E-state index contributed by atoms with van der Waals surface area (Å²) in [6.07, 6.45) is 4.67. The molecule has 1 heterocycles. The average Bonchev–Trinajstić information content (AvgIpc) is 2.37. The third-order valence-corrected chi connectivity index (χ3v) is 3.18. The highest BCUT2D eigenvalue weighted by atomic mass is 32.2. The van der Waals surface area contributed by atoms with Crippen molar-refractivity contribution in [1.82, 2.24) is 9.97 Å². The molecule has 0 fully saturated rings. The van der Waals surface area contributed by atoms with Crippen LogP contribution in [0.2, 0.25) is 0 Å². The summed E-state index contributed by atoms with van der Waals surface area (Å²) >= 11 is 1.81. The molecule has 0 saturated carbocycles. The van der Waals surface area contributed by atoms with Gasteiger partial charge in [-0.05, 0) is 12.7 Å². The van der Waals surface area contributed by atoms with E-state index in [1.165, 1.54) is 6.33 Å². The molecule has 1 rings (SSSR count). The molecule has 1 unspecified atom stereocenters. The highest BCUT2D eigenvalue weighted by Gasteiger charge is 2.14. The minimum absolute atomic E-state index is 0.388. The highest BCUT2D eigenvalue weighted by Crippen LogP contribution is 2.29. The zero-order chi connectivity index (χ0) is 12.7. The Morgan fingerprint density at radius 1 is 1.41 bits per heavy atom. The molecular weight excluding hydrogens is 236 g/mol. The molecule has 0 spiro atoms. The molecule has 17 heavy (non-hydrogen) atoms. The van der Waals surface area contributed by atoms with Gasteiger partial charge in [-0.15, -0.1) is 0 Å². The van der Waals surface area contributed by atoms with Crippen LogP contribution in [0, 0.1) is 0 Å². The van der Waals surface area contributed by atoms with Crippen molar-refractivity contribution < 1.29 is 4.74 Å². The Morgan fingerprint density at radius 3 is 2.65 bits per heavy atom. The van der Waals surface area contributed by atoms with Crippen molar-refractivity contribution >= 4 is 23.4 Å². The largest absolute Gasteiger partial charge is 0.490 e. The lowest BCUT2D eigenvalue weighted by Gasteiger charge is -2.19. The number of ether oxygens (including phenoxy) is 1. The van der Waals surface area contributed by atoms with Gasteiger partial charge < -0.3 is 15.4 Å². The molecular formula is C11H20N4OS. The quantitative estimate of drug-likeness (QED) is 0.779. The van der Waals surface area contributed by atoms with Gasteiger partial charge in [0.1, 0.15) is 6.33 Å². The van der Waals surface area contributed by atoms with Crippen LogP contribution in [0.15, 0.2) is 6.33 Å². The molecule has 2 N–H and O–H groups in total. The van der Waals surface area contributed by atoms with E-state index in [-0.39, 0.29) is 0 Å². The Balaban J connectivity index is 2.88. The molecule has 0 aliphatic carbocycles. The van der Waals surface area contributed by atoms with Gasteiger partial charge in [-0.2, -0.15) is 11.8 Å². The number of rotatable bonds is 7. The van der Waals surface area contributed by atoms with E-state index in [0.717, 1.165) is 18.0 Å². The molecule has 1 aromatic heterocycles. The normalized spacial score (nSPS) is 12.0. The van der Waals surface area contributed by atoms with E-state index in [9.17, 15) is 0 Å². The third kappa shape index (κ3) is 3.66. The first-order chi connectivity index (χ1) is 8.26. The van der Waals surface area contributed by atoms with Crippen molar-refractivity contribution in [2.45, 2.75) is 19.4 Å². The van der Waals surface area contributed by atoms with Crippen LogP contribution in [0.1, 0.15) is 13.3 Å². The maximum atomic E-state index is 5.33. The number of thioether (sulfide) groups is 1. The fourth-order valence-electron chi connectivity index (χ4n) is 1.50. The Labute approximate surface area is 107 Å². The molecule has 0 aliphatic rings. The summed E-state index contributed by atoms with van der Waals surface area (Å²) < 4.78 is 5.33. The Bertz CT molecular complexity index is 348. The predicted octanol–water partition coefficient (Wildman–Crippen LogP) is 2.08. The lowest BCUT2D eigenvalue weighted by atomic mass is 10.2. The molecule has 0 saturated heterocycles. The van der Waals surface area contributed by atoms with E-state index >= 15 is 0 Å². The van der Waals surface area contributed by atoms with Crippen LogP contribution in [0.4, 0.5) is 11.6 Å². The molecule has 5 nitrogen and oxygen atoms in total. The van der Waals surface area contributed by atoms with Gasteiger partial charge in [0.15, 0.2) is 11.6 Å². The summed E-state index contributed by atoms with van der Waals surface area (Å²) in [6.45, 7) is 2.15. The molecule has 0 aliphatic heterocycles. The predicted molar refractivity (Wildman–Crippen MR) is 74.2 cm³/mol. The van der Waals surface area contributed by atoms with Crippen LogP contribution >= 0.6 is 11.8 Å². The van der Waals surface area contributed by atoms with Crippen molar-refractivity contribution in [2.24, 2.45) is 0 Å². The summed E-state index contributed by atoms with van der Waals surface area (Å²) in [7, 11) is 3.44. The number of hydrogen-bond acceptors (Lipinski definition) is 6. The summed E-state index contributed by atoms with van der Waals surface area (Å²) in [4.78, 5) is 8.35. The van der Waals surface area contributed by atoms with Gasteiger partial charge in [0, 0.05) is 18.8 Å². The first kappa shape index (κ1) is 13.9. The van der Waals surface area contributed by atoms with Crippen molar-refractivity contribution in [3.63, 3.8) is 0 Å². The lowest BCUT2D eigenvalue weighted by Crippen LogP contribution is -2.22. The number of nitrogens with one attached hydrogen (secondary N) is 2. The van der Waals surface area contributed by atoms with Gasteiger partial charge >= 0.3 is 0 Å². The third-order valence-electron chi connectivity index (χ3n) is 2.45. The molecule has 96 valence electrons. The van der Waals surface area contributed by atoms with Crippen LogP contribution in [0.5, 0.6) is 5.75 Å². The highest BCUT2D eigenvalue weighted by molar-refractivity contribution is 7.98. The van der Waals surface area contributed by atoms with Crippen molar-refractivity contribution in [3.8, 4) is 5.75 Å². The fraction of sp³-hybridized carbons (Fsp3) is 0.636. The van der Waals surface area contributed by atoms with Gasteiger partial charge in [0.25, 0.3) is 0 Å². The molecule has 0 bridgehead atoms. The van der Waals surface area contributed by atoms with E-state index in [4.69, 9.17) is 4.74 Å². The minimum atomic E-state index is 0.388.